The molecule has 0 aliphatic heterocycles. The summed E-state index contributed by atoms with van der Waals surface area (Å²) in [6.07, 6.45) is 0. The SMILES string of the molecule is FC(F)F.c1ccc(-c2cccc(-c3ccccc3)c2)cc1. The molecule has 0 aromatic heterocycles. The molecule has 112 valence electrons. The molecule has 0 saturated carbocycles. The third-order valence-corrected chi connectivity index (χ3v) is 3.08. The second-order valence-corrected chi connectivity index (χ2v) is 4.56. The number of hydrogen-bond donors (Lipinski definition) is 0. The summed E-state index contributed by atoms with van der Waals surface area (Å²) in [5.41, 5.74) is 5.04. The molecular formula is C19H15F3. The fourth-order valence-corrected chi connectivity index (χ4v) is 2.14. The van der Waals surface area contributed by atoms with Crippen molar-refractivity contribution in [2.45, 2.75) is 6.68 Å². The van der Waals surface area contributed by atoms with Gasteiger partial charge in [0, 0.05) is 0 Å². The van der Waals surface area contributed by atoms with Crippen LogP contribution in [0.3, 0.4) is 0 Å². The zero-order valence-corrected chi connectivity index (χ0v) is 11.8. The normalized spacial score (nSPS) is 10.0. The van der Waals surface area contributed by atoms with Crippen molar-refractivity contribution in [3.8, 4) is 22.3 Å². The molecule has 0 unspecified atom stereocenters. The molecule has 0 aliphatic carbocycles. The molecule has 0 aliphatic rings. The second kappa shape index (κ2) is 8.03. The Morgan fingerprint density at radius 1 is 0.455 bits per heavy atom. The summed E-state index contributed by atoms with van der Waals surface area (Å²) < 4.78 is 29.0. The van der Waals surface area contributed by atoms with Crippen LogP contribution in [0.4, 0.5) is 13.2 Å². The first kappa shape index (κ1) is 15.8. The first-order chi connectivity index (χ1) is 10.7. The largest absolute Gasteiger partial charge is 0.379 e. The lowest BCUT2D eigenvalue weighted by molar-refractivity contribution is 0.00819. The smallest absolute Gasteiger partial charge is 0.174 e. The Balaban J connectivity index is 0.000000396. The summed E-state index contributed by atoms with van der Waals surface area (Å²) in [5.74, 6) is 0. The third kappa shape index (κ3) is 4.77. The van der Waals surface area contributed by atoms with E-state index in [4.69, 9.17) is 0 Å². The van der Waals surface area contributed by atoms with Crippen LogP contribution < -0.4 is 0 Å². The summed E-state index contributed by atoms with van der Waals surface area (Å²) in [7, 11) is 0. The van der Waals surface area contributed by atoms with Crippen LogP contribution in [-0.2, 0) is 0 Å². The fourth-order valence-electron chi connectivity index (χ4n) is 2.14. The summed E-state index contributed by atoms with van der Waals surface area (Å²) in [6.45, 7) is -3.67. The minimum Gasteiger partial charge on any atom is -0.174 e. The van der Waals surface area contributed by atoms with Gasteiger partial charge in [0.15, 0.2) is 0 Å². The van der Waals surface area contributed by atoms with Crippen LogP contribution in [0.1, 0.15) is 0 Å². The van der Waals surface area contributed by atoms with E-state index in [9.17, 15) is 13.2 Å². The van der Waals surface area contributed by atoms with Gasteiger partial charge in [-0.1, -0.05) is 78.9 Å². The van der Waals surface area contributed by atoms with Crippen molar-refractivity contribution in [2.75, 3.05) is 0 Å². The zero-order valence-electron chi connectivity index (χ0n) is 11.8. The van der Waals surface area contributed by atoms with Crippen LogP contribution in [-0.4, -0.2) is 6.68 Å². The lowest BCUT2D eigenvalue weighted by Gasteiger charge is -2.05. The zero-order chi connectivity index (χ0) is 15.8. The second-order valence-electron chi connectivity index (χ2n) is 4.56. The van der Waals surface area contributed by atoms with Gasteiger partial charge in [0.1, 0.15) is 0 Å². The maximum atomic E-state index is 9.67. The van der Waals surface area contributed by atoms with Gasteiger partial charge < -0.3 is 0 Å². The molecule has 0 bridgehead atoms. The molecular weight excluding hydrogens is 285 g/mol. The van der Waals surface area contributed by atoms with Crippen molar-refractivity contribution < 1.29 is 13.2 Å². The maximum absolute atomic E-state index is 9.67. The van der Waals surface area contributed by atoms with E-state index in [-0.39, 0.29) is 0 Å². The van der Waals surface area contributed by atoms with E-state index in [0.29, 0.717) is 0 Å². The molecule has 0 spiro atoms. The number of alkyl halides is 3. The Morgan fingerprint density at radius 3 is 1.14 bits per heavy atom. The predicted molar refractivity (Wildman–Crippen MR) is 84.4 cm³/mol. The minimum absolute atomic E-state index is 1.26. The topological polar surface area (TPSA) is 0 Å². The van der Waals surface area contributed by atoms with E-state index in [0.717, 1.165) is 0 Å². The van der Waals surface area contributed by atoms with E-state index in [1.165, 1.54) is 22.3 Å². The Morgan fingerprint density at radius 2 is 0.773 bits per heavy atom. The number of rotatable bonds is 2. The molecule has 0 amide bonds. The maximum Gasteiger partial charge on any atom is 0.379 e. The van der Waals surface area contributed by atoms with Crippen molar-refractivity contribution in [3.63, 3.8) is 0 Å². The third-order valence-electron chi connectivity index (χ3n) is 3.08. The minimum atomic E-state index is -3.67. The van der Waals surface area contributed by atoms with Crippen molar-refractivity contribution in [3.05, 3.63) is 84.9 Å². The van der Waals surface area contributed by atoms with Crippen LogP contribution in [0.15, 0.2) is 84.9 Å². The molecule has 0 fully saturated rings. The highest BCUT2D eigenvalue weighted by Gasteiger charge is 2.00. The van der Waals surface area contributed by atoms with Gasteiger partial charge in [-0.05, 0) is 28.3 Å². The molecule has 22 heavy (non-hydrogen) atoms. The molecule has 0 saturated heterocycles. The monoisotopic (exact) mass is 300 g/mol. The van der Waals surface area contributed by atoms with Crippen LogP contribution in [0, 0.1) is 0 Å². The standard InChI is InChI=1S/C18H14.CHF3/c1-3-8-15(9-4-1)17-12-7-13-18(14-17)16-10-5-2-6-11-16;2-1(3)4/h1-14H;1H. The van der Waals surface area contributed by atoms with Gasteiger partial charge in [0.2, 0.25) is 0 Å². The molecule has 0 heterocycles. The average Bonchev–Trinajstić information content (AvgIpc) is 2.56. The average molecular weight is 300 g/mol. The Bertz CT molecular complexity index is 622. The highest BCUT2D eigenvalue weighted by molar-refractivity contribution is 5.72. The fraction of sp³-hybridized carbons (Fsp3) is 0.0526. The van der Waals surface area contributed by atoms with Crippen molar-refractivity contribution >= 4 is 0 Å². The first-order valence-corrected chi connectivity index (χ1v) is 6.80. The molecule has 3 aromatic rings. The van der Waals surface area contributed by atoms with Gasteiger partial charge in [-0.3, -0.25) is 0 Å². The van der Waals surface area contributed by atoms with Crippen molar-refractivity contribution in [1.82, 2.24) is 0 Å². The summed E-state index contributed by atoms with van der Waals surface area (Å²) >= 11 is 0. The molecule has 0 radical (unpaired) electrons. The number of halogens is 3. The van der Waals surface area contributed by atoms with E-state index in [1.54, 1.807) is 0 Å². The molecule has 3 heteroatoms. The molecule has 0 atom stereocenters. The van der Waals surface area contributed by atoms with Crippen molar-refractivity contribution in [1.29, 1.82) is 0 Å². The van der Waals surface area contributed by atoms with E-state index in [2.05, 4.69) is 72.8 Å². The van der Waals surface area contributed by atoms with Crippen molar-refractivity contribution in [2.24, 2.45) is 0 Å². The molecule has 3 aromatic carbocycles. The molecule has 0 N–H and O–H groups in total. The van der Waals surface area contributed by atoms with Crippen LogP contribution >= 0.6 is 0 Å². The van der Waals surface area contributed by atoms with E-state index in [1.807, 2.05) is 12.1 Å². The lowest BCUT2D eigenvalue weighted by Crippen LogP contribution is -1.80. The highest BCUT2D eigenvalue weighted by Crippen LogP contribution is 2.25. The summed E-state index contributed by atoms with van der Waals surface area (Å²) in [6, 6.07) is 29.6. The van der Waals surface area contributed by atoms with Crippen LogP contribution in [0.2, 0.25) is 0 Å². The van der Waals surface area contributed by atoms with Gasteiger partial charge in [-0.2, -0.15) is 13.2 Å². The highest BCUT2D eigenvalue weighted by atomic mass is 19.4. The Kier molecular flexibility index (Phi) is 5.78. The Hall–Kier alpha value is -2.55. The number of benzene rings is 3. The number of hydrogen-bond acceptors (Lipinski definition) is 0. The summed E-state index contributed by atoms with van der Waals surface area (Å²) in [5, 5.41) is 0. The van der Waals surface area contributed by atoms with Gasteiger partial charge in [-0.15, -0.1) is 0 Å². The predicted octanol–water partition coefficient (Wildman–Crippen LogP) is 6.20. The van der Waals surface area contributed by atoms with Gasteiger partial charge >= 0.3 is 6.68 Å². The van der Waals surface area contributed by atoms with Crippen LogP contribution in [0.5, 0.6) is 0 Å². The quantitative estimate of drug-likeness (QED) is 0.528. The Labute approximate surface area is 127 Å². The van der Waals surface area contributed by atoms with Crippen LogP contribution in [0.25, 0.3) is 22.3 Å². The van der Waals surface area contributed by atoms with E-state index < -0.39 is 6.68 Å². The lowest BCUT2D eigenvalue weighted by atomic mass is 9.99. The van der Waals surface area contributed by atoms with Gasteiger partial charge in [-0.25, -0.2) is 0 Å². The summed E-state index contributed by atoms with van der Waals surface area (Å²) in [4.78, 5) is 0. The van der Waals surface area contributed by atoms with Gasteiger partial charge in [0.05, 0.1) is 0 Å². The van der Waals surface area contributed by atoms with Gasteiger partial charge in [0.25, 0.3) is 0 Å². The first-order valence-electron chi connectivity index (χ1n) is 6.80. The molecule has 3 rings (SSSR count). The molecule has 0 nitrogen and oxygen atoms in total. The van der Waals surface area contributed by atoms with E-state index >= 15 is 0 Å².